The van der Waals surface area contributed by atoms with Crippen LogP contribution in [0.5, 0.6) is 0 Å². The van der Waals surface area contributed by atoms with Gasteiger partial charge in [-0.25, -0.2) is 9.97 Å². The fourth-order valence-electron chi connectivity index (χ4n) is 1.84. The Bertz CT molecular complexity index is 860. The number of nitrogens with one attached hydrogen (secondary N) is 2. The topological polar surface area (TPSA) is 96.9 Å². The third-order valence-corrected chi connectivity index (χ3v) is 4.81. The van der Waals surface area contributed by atoms with Crippen LogP contribution in [0.1, 0.15) is 22.3 Å². The standard InChI is InChI=1S/C15H13N5O2S2/c1-9(21)18-6-10-2-3-13(24-10)12-8-23-15(19-12)20-14(22)11-7-16-4-5-17-11/h2-5,7-8H,6H2,1H3,(H,18,21)(H,19,20,22). The summed E-state index contributed by atoms with van der Waals surface area (Å²) >= 11 is 2.89. The zero-order valence-corrected chi connectivity index (χ0v) is 14.3. The lowest BCUT2D eigenvalue weighted by Crippen LogP contribution is -2.17. The number of amides is 2. The molecule has 0 saturated carbocycles. The maximum absolute atomic E-state index is 12.0. The van der Waals surface area contributed by atoms with Gasteiger partial charge < -0.3 is 5.32 Å². The summed E-state index contributed by atoms with van der Waals surface area (Å²) in [5, 5.41) is 7.84. The van der Waals surface area contributed by atoms with Crippen molar-refractivity contribution in [3.8, 4) is 10.6 Å². The van der Waals surface area contributed by atoms with E-state index >= 15 is 0 Å². The predicted molar refractivity (Wildman–Crippen MR) is 92.9 cm³/mol. The van der Waals surface area contributed by atoms with Crippen molar-refractivity contribution in [3.63, 3.8) is 0 Å². The molecule has 0 saturated heterocycles. The number of thiazole rings is 1. The van der Waals surface area contributed by atoms with Crippen molar-refractivity contribution in [3.05, 3.63) is 46.7 Å². The van der Waals surface area contributed by atoms with Gasteiger partial charge in [-0.2, -0.15) is 0 Å². The molecule has 0 unspecified atom stereocenters. The summed E-state index contributed by atoms with van der Waals surface area (Å²) < 4.78 is 0. The summed E-state index contributed by atoms with van der Waals surface area (Å²) in [4.78, 5) is 37.2. The van der Waals surface area contributed by atoms with Crippen molar-refractivity contribution in [2.45, 2.75) is 13.5 Å². The summed E-state index contributed by atoms with van der Waals surface area (Å²) in [6, 6.07) is 3.90. The molecular weight excluding hydrogens is 346 g/mol. The van der Waals surface area contributed by atoms with Gasteiger partial charge in [0.25, 0.3) is 5.91 Å². The minimum atomic E-state index is -0.346. The first-order valence-electron chi connectivity index (χ1n) is 6.98. The maximum atomic E-state index is 12.0. The van der Waals surface area contributed by atoms with Gasteiger partial charge in [0.2, 0.25) is 5.91 Å². The Balaban J connectivity index is 1.67. The highest BCUT2D eigenvalue weighted by molar-refractivity contribution is 7.17. The fraction of sp³-hybridized carbons (Fsp3) is 0.133. The average Bonchev–Trinajstić information content (AvgIpc) is 3.22. The van der Waals surface area contributed by atoms with Crippen molar-refractivity contribution >= 4 is 39.6 Å². The number of thiophene rings is 1. The van der Waals surface area contributed by atoms with Crippen LogP contribution in [-0.2, 0) is 11.3 Å². The first-order chi connectivity index (χ1) is 11.6. The predicted octanol–water partition coefficient (Wildman–Crippen LogP) is 2.55. The molecule has 3 aromatic heterocycles. The number of anilines is 1. The van der Waals surface area contributed by atoms with Gasteiger partial charge >= 0.3 is 0 Å². The average molecular weight is 359 g/mol. The quantitative estimate of drug-likeness (QED) is 0.730. The second-order valence-electron chi connectivity index (χ2n) is 4.76. The van der Waals surface area contributed by atoms with E-state index < -0.39 is 0 Å². The summed E-state index contributed by atoms with van der Waals surface area (Å²) in [6.45, 7) is 1.99. The molecule has 9 heteroatoms. The summed E-state index contributed by atoms with van der Waals surface area (Å²) in [5.74, 6) is -0.408. The van der Waals surface area contributed by atoms with Crippen molar-refractivity contribution in [2.75, 3.05) is 5.32 Å². The lowest BCUT2D eigenvalue weighted by molar-refractivity contribution is -0.119. The fourth-order valence-corrected chi connectivity index (χ4v) is 3.53. The van der Waals surface area contributed by atoms with Crippen molar-refractivity contribution in [1.82, 2.24) is 20.3 Å². The lowest BCUT2D eigenvalue weighted by atomic mass is 10.3. The molecule has 0 spiro atoms. The first kappa shape index (κ1) is 16.2. The molecule has 24 heavy (non-hydrogen) atoms. The Morgan fingerprint density at radius 1 is 1.25 bits per heavy atom. The van der Waals surface area contributed by atoms with Crippen molar-refractivity contribution in [2.24, 2.45) is 0 Å². The molecule has 7 nitrogen and oxygen atoms in total. The Hall–Kier alpha value is -2.65. The molecule has 0 aromatic carbocycles. The van der Waals surface area contributed by atoms with E-state index in [1.54, 1.807) is 11.3 Å². The summed E-state index contributed by atoms with van der Waals surface area (Å²) in [6.07, 6.45) is 4.37. The largest absolute Gasteiger partial charge is 0.351 e. The molecule has 2 N–H and O–H groups in total. The van der Waals surface area contributed by atoms with Crippen LogP contribution in [0.25, 0.3) is 10.6 Å². The number of aromatic nitrogens is 3. The van der Waals surface area contributed by atoms with Crippen molar-refractivity contribution in [1.29, 1.82) is 0 Å². The third-order valence-electron chi connectivity index (χ3n) is 2.95. The van der Waals surface area contributed by atoms with Gasteiger partial charge in [-0.05, 0) is 12.1 Å². The Morgan fingerprint density at radius 3 is 2.88 bits per heavy atom. The Morgan fingerprint density at radius 2 is 2.12 bits per heavy atom. The van der Waals surface area contributed by atoms with E-state index in [1.807, 2.05) is 17.5 Å². The summed E-state index contributed by atoms with van der Waals surface area (Å²) in [7, 11) is 0. The van der Waals surface area contributed by atoms with E-state index in [-0.39, 0.29) is 17.5 Å². The second-order valence-corrected chi connectivity index (χ2v) is 6.78. The van der Waals surface area contributed by atoms with Crippen LogP contribution in [0.2, 0.25) is 0 Å². The SMILES string of the molecule is CC(=O)NCc1ccc(-c2csc(NC(=O)c3cnccn3)n2)s1. The van der Waals surface area contributed by atoms with Crippen LogP contribution in [0.3, 0.4) is 0 Å². The molecule has 3 aromatic rings. The number of nitrogens with zero attached hydrogens (tertiary/aromatic N) is 3. The van der Waals surface area contributed by atoms with Crippen LogP contribution >= 0.6 is 22.7 Å². The van der Waals surface area contributed by atoms with E-state index in [2.05, 4.69) is 25.6 Å². The molecule has 0 radical (unpaired) electrons. The molecule has 0 fully saturated rings. The molecule has 0 bridgehead atoms. The highest BCUT2D eigenvalue weighted by Gasteiger charge is 2.12. The number of carbonyl (C=O) groups excluding carboxylic acids is 2. The molecule has 0 aliphatic carbocycles. The monoisotopic (exact) mass is 359 g/mol. The van der Waals surface area contributed by atoms with Gasteiger partial charge in [-0.15, -0.1) is 22.7 Å². The van der Waals surface area contributed by atoms with Crippen LogP contribution in [0.15, 0.2) is 36.1 Å². The van der Waals surface area contributed by atoms with Gasteiger partial charge in [0.05, 0.1) is 23.3 Å². The first-order valence-corrected chi connectivity index (χ1v) is 8.68. The third kappa shape index (κ3) is 4.00. The van der Waals surface area contributed by atoms with Crippen molar-refractivity contribution < 1.29 is 9.59 Å². The zero-order chi connectivity index (χ0) is 16.9. The second kappa shape index (κ2) is 7.28. The number of hydrogen-bond acceptors (Lipinski definition) is 7. The molecule has 3 heterocycles. The molecular formula is C15H13N5O2S2. The van der Waals surface area contributed by atoms with Crippen LogP contribution < -0.4 is 10.6 Å². The summed E-state index contributed by atoms with van der Waals surface area (Å²) in [5.41, 5.74) is 1.02. The van der Waals surface area contributed by atoms with Gasteiger partial charge in [-0.3, -0.25) is 19.9 Å². The molecule has 122 valence electrons. The molecule has 0 atom stereocenters. The van der Waals surface area contributed by atoms with E-state index in [1.165, 1.54) is 36.9 Å². The molecule has 3 rings (SSSR count). The van der Waals surface area contributed by atoms with Gasteiger partial charge in [-0.1, -0.05) is 0 Å². The van der Waals surface area contributed by atoms with Crippen LogP contribution in [-0.4, -0.2) is 26.8 Å². The molecule has 0 aliphatic heterocycles. The van der Waals surface area contributed by atoms with Gasteiger partial charge in [0.15, 0.2) is 5.13 Å². The maximum Gasteiger partial charge on any atom is 0.277 e. The molecule has 2 amide bonds. The van der Waals surface area contributed by atoms with Gasteiger partial charge in [0.1, 0.15) is 5.69 Å². The number of hydrogen-bond donors (Lipinski definition) is 2. The van der Waals surface area contributed by atoms with E-state index in [0.29, 0.717) is 11.7 Å². The van der Waals surface area contributed by atoms with Gasteiger partial charge in [0, 0.05) is 29.6 Å². The minimum Gasteiger partial charge on any atom is -0.351 e. The lowest BCUT2D eigenvalue weighted by Gasteiger charge is -1.99. The highest BCUT2D eigenvalue weighted by atomic mass is 32.1. The smallest absolute Gasteiger partial charge is 0.277 e. The Kier molecular flexibility index (Phi) is 4.92. The van der Waals surface area contributed by atoms with Crippen LogP contribution in [0, 0.1) is 0 Å². The van der Waals surface area contributed by atoms with Crippen LogP contribution in [0.4, 0.5) is 5.13 Å². The van der Waals surface area contributed by atoms with E-state index in [0.717, 1.165) is 15.4 Å². The zero-order valence-electron chi connectivity index (χ0n) is 12.6. The normalized spacial score (nSPS) is 10.4. The molecule has 0 aliphatic rings. The number of rotatable bonds is 5. The highest BCUT2D eigenvalue weighted by Crippen LogP contribution is 2.30. The number of carbonyl (C=O) groups is 2. The van der Waals surface area contributed by atoms with E-state index in [9.17, 15) is 9.59 Å². The Labute approximate surface area is 145 Å². The minimum absolute atomic E-state index is 0.0624. The van der Waals surface area contributed by atoms with E-state index in [4.69, 9.17) is 0 Å².